The molecule has 0 unspecified atom stereocenters. The summed E-state index contributed by atoms with van der Waals surface area (Å²) in [6, 6.07) is 32.2. The summed E-state index contributed by atoms with van der Waals surface area (Å²) in [5.74, 6) is -1.39. The van der Waals surface area contributed by atoms with Crippen LogP contribution in [0.2, 0.25) is 0 Å². The Morgan fingerprint density at radius 2 is 0.426 bits per heavy atom. The molecular weight excluding hydrogens is 1160 g/mol. The smallest absolute Gasteiger partial charge is 0.128 e. The van der Waals surface area contributed by atoms with E-state index in [4.69, 9.17) is 9.98 Å². The van der Waals surface area contributed by atoms with Gasteiger partial charge in [0.1, 0.15) is 34.5 Å². The van der Waals surface area contributed by atoms with Gasteiger partial charge in [0.2, 0.25) is 0 Å². The van der Waals surface area contributed by atoms with Gasteiger partial charge in [-0.2, -0.15) is 0 Å². The molecule has 0 fully saturated rings. The molecule has 0 atom stereocenters. The van der Waals surface area contributed by atoms with Gasteiger partial charge in [-0.15, -0.1) is 0 Å². The molecule has 0 heterocycles. The highest BCUT2D eigenvalue weighted by Gasteiger charge is 2.39. The maximum atomic E-state index is 13.2. The third-order valence-corrected chi connectivity index (χ3v) is 18.8. The van der Waals surface area contributed by atoms with E-state index in [0.29, 0.717) is 55.9 Å². The number of hydrogen-bond acceptors (Lipinski definition) is 8. The summed E-state index contributed by atoms with van der Waals surface area (Å²) in [4.78, 5) is 10.3. The quantitative estimate of drug-likeness (QED) is 0.0594. The predicted molar refractivity (Wildman–Crippen MR) is 398 cm³/mol. The molecule has 0 radical (unpaired) electrons. The minimum Gasteiger partial charge on any atom is -0.507 e. The van der Waals surface area contributed by atoms with E-state index in [-0.39, 0.29) is 56.2 Å². The van der Waals surface area contributed by atoms with Gasteiger partial charge in [0.05, 0.1) is 11.4 Å². The van der Waals surface area contributed by atoms with Crippen molar-refractivity contribution in [1.29, 1.82) is 0 Å². The average molecular weight is 1270 g/mol. The van der Waals surface area contributed by atoms with E-state index >= 15 is 0 Å². The second-order valence-corrected chi connectivity index (χ2v) is 37.2. The predicted octanol–water partition coefficient (Wildman–Crippen LogP) is 22.8. The number of phenolic OH excluding ortho intramolecular Hbond substituents is 6. The van der Waals surface area contributed by atoms with E-state index < -0.39 is 44.3 Å². The van der Waals surface area contributed by atoms with Crippen LogP contribution in [0.1, 0.15) is 320 Å². The first kappa shape index (κ1) is 74.1. The lowest BCUT2D eigenvalue weighted by molar-refractivity contribution is 0.424. The van der Waals surface area contributed by atoms with Crippen molar-refractivity contribution < 1.29 is 30.6 Å². The summed E-state index contributed by atoms with van der Waals surface area (Å²) < 4.78 is 0. The molecule has 0 amide bonds. The zero-order valence-corrected chi connectivity index (χ0v) is 63.1. The van der Waals surface area contributed by atoms with Crippen molar-refractivity contribution in [2.24, 2.45) is 9.98 Å². The van der Waals surface area contributed by atoms with E-state index in [2.05, 4.69) is 256 Å². The Balaban J connectivity index is 1.53. The van der Waals surface area contributed by atoms with Crippen molar-refractivity contribution in [2.75, 3.05) is 0 Å². The molecule has 0 aromatic heterocycles. The van der Waals surface area contributed by atoms with Gasteiger partial charge in [0.15, 0.2) is 0 Å². The molecule has 8 nitrogen and oxygen atoms in total. The van der Waals surface area contributed by atoms with Gasteiger partial charge in [-0.25, -0.2) is 0 Å². The van der Waals surface area contributed by atoms with Crippen LogP contribution in [0.3, 0.4) is 0 Å². The van der Waals surface area contributed by atoms with Crippen molar-refractivity contribution in [3.05, 3.63) is 197 Å². The fourth-order valence-electron chi connectivity index (χ4n) is 12.4. The van der Waals surface area contributed by atoms with E-state index in [9.17, 15) is 30.6 Å². The summed E-state index contributed by atoms with van der Waals surface area (Å²) in [6.45, 7) is 64.0. The van der Waals surface area contributed by atoms with Crippen molar-refractivity contribution in [1.82, 2.24) is 0 Å². The highest BCUT2D eigenvalue weighted by molar-refractivity contribution is 5.91. The first-order chi connectivity index (χ1) is 42.4. The van der Waals surface area contributed by atoms with E-state index in [1.54, 1.807) is 12.4 Å². The zero-order valence-electron chi connectivity index (χ0n) is 63.1. The number of para-hydroxylation sites is 2. The molecule has 0 bridgehead atoms. The minimum atomic E-state index is -0.863. The zero-order chi connectivity index (χ0) is 71.3. The Bertz CT molecular complexity index is 3630. The lowest BCUT2D eigenvalue weighted by Crippen LogP contribution is -2.21. The first-order valence-corrected chi connectivity index (χ1v) is 33.9. The summed E-state index contributed by atoms with van der Waals surface area (Å²) in [5, 5.41) is 78.1. The van der Waals surface area contributed by atoms with Crippen molar-refractivity contribution in [3.8, 4) is 34.5 Å². The maximum Gasteiger partial charge on any atom is 0.128 e. The molecular formula is C86H116N2O6. The first-order valence-electron chi connectivity index (χ1n) is 33.9. The highest BCUT2D eigenvalue weighted by atomic mass is 16.3. The molecule has 94 heavy (non-hydrogen) atoms. The maximum absolute atomic E-state index is 13.2. The van der Waals surface area contributed by atoms with Gasteiger partial charge < -0.3 is 30.6 Å². The molecule has 0 saturated carbocycles. The Labute approximate surface area is 566 Å². The molecule has 6 N–H and O–H groups in total. The van der Waals surface area contributed by atoms with Gasteiger partial charge in [-0.1, -0.05) is 281 Å². The minimum absolute atomic E-state index is 0.0492. The molecule has 0 aliphatic heterocycles. The molecule has 0 spiro atoms. The Morgan fingerprint density at radius 1 is 0.245 bits per heavy atom. The van der Waals surface area contributed by atoms with Crippen molar-refractivity contribution in [3.63, 3.8) is 0 Å². The molecule has 0 aliphatic rings. The van der Waals surface area contributed by atoms with E-state index in [1.807, 2.05) is 48.5 Å². The summed E-state index contributed by atoms with van der Waals surface area (Å²) >= 11 is 0. The van der Waals surface area contributed by atoms with Crippen LogP contribution in [-0.4, -0.2) is 43.1 Å². The molecule has 0 aliphatic carbocycles. The van der Waals surface area contributed by atoms with Crippen LogP contribution in [0.4, 0.5) is 11.4 Å². The highest BCUT2D eigenvalue weighted by Crippen LogP contribution is 2.55. The lowest BCUT2D eigenvalue weighted by Gasteiger charge is -2.33. The van der Waals surface area contributed by atoms with E-state index in [0.717, 1.165) is 55.6 Å². The monoisotopic (exact) mass is 1270 g/mol. The van der Waals surface area contributed by atoms with Crippen LogP contribution in [0, 0.1) is 0 Å². The fraction of sp³-hybridized carbons (Fsp3) is 0.488. The van der Waals surface area contributed by atoms with Crippen LogP contribution >= 0.6 is 0 Å². The molecule has 0 saturated heterocycles. The Kier molecular flexibility index (Phi) is 19.7. The molecule has 7 aromatic rings. The normalized spacial score (nSPS) is 13.8. The van der Waals surface area contributed by atoms with Gasteiger partial charge in [-0.05, 0) is 134 Å². The summed E-state index contributed by atoms with van der Waals surface area (Å²) in [5.41, 5.74) is 9.98. The third-order valence-electron chi connectivity index (χ3n) is 18.8. The number of aliphatic imine (C=N–C) groups is 2. The number of rotatable bonds is 10. The van der Waals surface area contributed by atoms with Gasteiger partial charge >= 0.3 is 0 Å². The fourth-order valence-corrected chi connectivity index (χ4v) is 12.4. The standard InChI is InChI=1S/C86H116N2O6/c1-77(2,3)51-35-49(71(89)57(37-51)69(59-39-53(79(7,8)9)43-63(73(59)91)83(19,20)21)60-40-54(80(10,11)12)44-64(74(60)92)84(22,23)24)47-87-67-33-31-32-34-68(67)88-48-50-36-52(78(4,5)6)38-58(72(50)90)70(61-41-55(81(13,14)15)45-65(75(61)93)85(25,26)27)62-42-56(82(16,17)18)46-66(76(62)94)86(28,29)30/h31-48,69-70,89-94H,1-30H3. The summed E-state index contributed by atoms with van der Waals surface area (Å²) in [7, 11) is 0. The molecule has 8 heteroatoms. The average Bonchev–Trinajstić information content (AvgIpc) is 0.744. The SMILES string of the molecule is CC(C)(C)c1cc(C=Nc2ccccc2N=Cc2cc(C(C)(C)C)cc(C(c3cc(C(C)(C)C)cc(C(C)(C)C)c3O)c3cc(C(C)(C)C)cc(C(C)(C)C)c3O)c2O)c(O)c(C(c2cc(C(C)(C)C)cc(C(C)(C)C)c2O)c2cc(C(C)(C)C)cc(C(C)(C)C)c2O)c1. The van der Waals surface area contributed by atoms with E-state index in [1.165, 1.54) is 0 Å². The van der Waals surface area contributed by atoms with Gasteiger partial charge in [0, 0.05) is 68.8 Å². The number of aromatic hydroxyl groups is 6. The number of hydrogen-bond donors (Lipinski definition) is 6. The van der Waals surface area contributed by atoms with Crippen LogP contribution < -0.4 is 0 Å². The lowest BCUT2D eigenvalue weighted by atomic mass is 9.71. The van der Waals surface area contributed by atoms with Gasteiger partial charge in [0.25, 0.3) is 0 Å². The third kappa shape index (κ3) is 15.8. The second-order valence-electron chi connectivity index (χ2n) is 37.2. The molecule has 7 aromatic carbocycles. The van der Waals surface area contributed by atoms with Crippen LogP contribution in [0.5, 0.6) is 34.5 Å². The topological polar surface area (TPSA) is 146 Å². The van der Waals surface area contributed by atoms with Crippen LogP contribution in [0.25, 0.3) is 0 Å². The summed E-state index contributed by atoms with van der Waals surface area (Å²) in [6.07, 6.45) is 3.35. The molecule has 506 valence electrons. The number of nitrogens with zero attached hydrogens (tertiary/aromatic N) is 2. The van der Waals surface area contributed by atoms with Crippen molar-refractivity contribution in [2.45, 2.75) is 274 Å². The molecule has 7 rings (SSSR count). The second kappa shape index (κ2) is 25.0. The van der Waals surface area contributed by atoms with Crippen LogP contribution in [-0.2, 0) is 54.1 Å². The van der Waals surface area contributed by atoms with Crippen molar-refractivity contribution >= 4 is 23.8 Å². The van der Waals surface area contributed by atoms with Gasteiger partial charge in [-0.3, -0.25) is 9.98 Å². The Morgan fingerprint density at radius 3 is 0.606 bits per heavy atom. The number of benzene rings is 7. The number of phenols is 6. The largest absolute Gasteiger partial charge is 0.507 e. The Hall–Kier alpha value is -7.32. The van der Waals surface area contributed by atoms with Crippen LogP contribution in [0.15, 0.2) is 107 Å².